The van der Waals surface area contributed by atoms with Gasteiger partial charge in [0.1, 0.15) is 0 Å². The summed E-state index contributed by atoms with van der Waals surface area (Å²) in [6.07, 6.45) is 19.8. The minimum Gasteiger partial charge on any atom is -0.378 e. The highest BCUT2D eigenvalue weighted by Gasteiger charge is 2.44. The number of anilines is 2. The van der Waals surface area contributed by atoms with E-state index in [0.29, 0.717) is 0 Å². The summed E-state index contributed by atoms with van der Waals surface area (Å²) in [6, 6.07) is 56.2. The molecule has 1 N–H and O–H groups in total. The predicted octanol–water partition coefficient (Wildman–Crippen LogP) is 14.1. The van der Waals surface area contributed by atoms with Crippen LogP contribution >= 0.6 is 0 Å². The number of fused-ring (bicyclic) bond motifs is 6. The van der Waals surface area contributed by atoms with Crippen LogP contribution in [0.3, 0.4) is 0 Å². The highest BCUT2D eigenvalue weighted by Crippen LogP contribution is 2.55. The van der Waals surface area contributed by atoms with Crippen LogP contribution < -0.4 is 10.2 Å². The van der Waals surface area contributed by atoms with Crippen LogP contribution in [0, 0.1) is 0 Å². The molecule has 5 aliphatic rings. The lowest BCUT2D eigenvalue weighted by Crippen LogP contribution is -2.37. The maximum Gasteiger partial charge on any atom is 0.0699 e. The molecule has 11 rings (SSSR count). The zero-order chi connectivity index (χ0) is 39.5. The molecule has 0 radical (unpaired) electrons. The Morgan fingerprint density at radius 2 is 1.32 bits per heavy atom. The van der Waals surface area contributed by atoms with Gasteiger partial charge in [-0.05, 0) is 116 Å². The molecule has 0 amide bonds. The molecule has 0 spiro atoms. The predicted molar refractivity (Wildman–Crippen MR) is 248 cm³/mol. The molecule has 0 saturated heterocycles. The van der Waals surface area contributed by atoms with Crippen molar-refractivity contribution in [1.82, 2.24) is 0 Å². The molecular weight excluding hydrogens is 713 g/mol. The fraction of sp³-hybridized carbons (Fsp3) is 0.158. The van der Waals surface area contributed by atoms with Crippen molar-refractivity contribution < 1.29 is 0 Å². The van der Waals surface area contributed by atoms with E-state index in [0.717, 1.165) is 19.3 Å². The molecule has 0 aromatic heterocycles. The molecule has 6 aromatic carbocycles. The standard InChI is InChI=1S/C57H48N2/c1-57(2)52-26-13-12-24-48(52)49-33-30-45(37-53(49)57)58-44-23-14-22-42(34-44)39-28-31-46(32-29-39)59-54-27-15-25-47(40-18-8-4-9-19-40)55(54)51-36-43(38-16-6-3-7-17-38)35-50(56(51)59)41-20-10-5-11-21-41/h3-28,30-31,33,35-37,44,50,56,58H,29,32,34H2,1-2H3. The van der Waals surface area contributed by atoms with E-state index in [1.54, 1.807) is 0 Å². The monoisotopic (exact) mass is 760 g/mol. The van der Waals surface area contributed by atoms with Gasteiger partial charge in [0.05, 0.1) is 6.04 Å². The average Bonchev–Trinajstić information content (AvgIpc) is 3.75. The lowest BCUT2D eigenvalue weighted by Gasteiger charge is -2.38. The molecule has 0 bridgehead atoms. The summed E-state index contributed by atoms with van der Waals surface area (Å²) in [5, 5.41) is 3.90. The van der Waals surface area contributed by atoms with Gasteiger partial charge < -0.3 is 10.2 Å². The van der Waals surface area contributed by atoms with Crippen LogP contribution in [0.15, 0.2) is 211 Å². The van der Waals surface area contributed by atoms with Crippen LogP contribution in [-0.4, -0.2) is 12.1 Å². The Balaban J connectivity index is 0.928. The number of hydrogen-bond acceptors (Lipinski definition) is 2. The van der Waals surface area contributed by atoms with Crippen molar-refractivity contribution in [2.24, 2.45) is 0 Å². The van der Waals surface area contributed by atoms with E-state index in [2.05, 4.69) is 218 Å². The number of rotatable bonds is 7. The Bertz CT molecular complexity index is 2790. The molecule has 3 unspecified atom stereocenters. The normalized spacial score (nSPS) is 20.9. The summed E-state index contributed by atoms with van der Waals surface area (Å²) in [5.41, 5.74) is 21.5. The Hall–Kier alpha value is -6.64. The van der Waals surface area contributed by atoms with Crippen LogP contribution in [0.1, 0.15) is 66.8 Å². The van der Waals surface area contributed by atoms with Crippen molar-refractivity contribution in [3.63, 3.8) is 0 Å². The fourth-order valence-corrected chi connectivity index (χ4v) is 10.6. The molecule has 0 fully saturated rings. The number of allylic oxidation sites excluding steroid dienone is 8. The fourth-order valence-electron chi connectivity index (χ4n) is 10.6. The van der Waals surface area contributed by atoms with Gasteiger partial charge in [0, 0.05) is 40.0 Å². The molecule has 2 heteroatoms. The Morgan fingerprint density at radius 1 is 0.610 bits per heavy atom. The second-order valence-electron chi connectivity index (χ2n) is 17.2. The summed E-state index contributed by atoms with van der Waals surface area (Å²) >= 11 is 0. The van der Waals surface area contributed by atoms with Gasteiger partial charge in [-0.1, -0.05) is 178 Å². The minimum absolute atomic E-state index is 0.0111. The van der Waals surface area contributed by atoms with Gasteiger partial charge >= 0.3 is 0 Å². The molecule has 59 heavy (non-hydrogen) atoms. The van der Waals surface area contributed by atoms with Gasteiger partial charge in [0.25, 0.3) is 0 Å². The first-order chi connectivity index (χ1) is 29.0. The number of nitrogens with zero attached hydrogens (tertiary/aromatic N) is 1. The van der Waals surface area contributed by atoms with Crippen LogP contribution in [-0.2, 0) is 5.41 Å². The SMILES string of the molecule is CC1(C)c2ccccc2-c2ccc(NC3C=CC=C(C4=CC=C(N5c6cccc(-c7ccccc7)c6C6=CC(c7ccccc7)=CC(c7ccccc7)C65)CC4)C3)cc21. The molecule has 6 aromatic rings. The van der Waals surface area contributed by atoms with Gasteiger partial charge in [-0.25, -0.2) is 0 Å². The van der Waals surface area contributed by atoms with Crippen LogP contribution in [0.2, 0.25) is 0 Å². The van der Waals surface area contributed by atoms with Gasteiger partial charge in [0.2, 0.25) is 0 Å². The Kier molecular flexibility index (Phi) is 8.62. The van der Waals surface area contributed by atoms with E-state index >= 15 is 0 Å². The van der Waals surface area contributed by atoms with Crippen LogP contribution in [0.25, 0.3) is 33.4 Å². The van der Waals surface area contributed by atoms with Crippen molar-refractivity contribution in [3.8, 4) is 22.3 Å². The van der Waals surface area contributed by atoms with Crippen molar-refractivity contribution >= 4 is 22.5 Å². The zero-order valence-corrected chi connectivity index (χ0v) is 33.8. The van der Waals surface area contributed by atoms with E-state index in [1.165, 1.54) is 89.4 Å². The van der Waals surface area contributed by atoms with E-state index in [4.69, 9.17) is 0 Å². The summed E-state index contributed by atoms with van der Waals surface area (Å²) in [4.78, 5) is 2.70. The van der Waals surface area contributed by atoms with Crippen molar-refractivity contribution in [1.29, 1.82) is 0 Å². The summed E-state index contributed by atoms with van der Waals surface area (Å²) in [5.74, 6) is 0.172. The maximum atomic E-state index is 3.90. The third-order valence-electron chi connectivity index (χ3n) is 13.4. The molecule has 2 nitrogen and oxygen atoms in total. The molecule has 3 atom stereocenters. The number of hydrogen-bond donors (Lipinski definition) is 1. The Labute approximate surface area is 349 Å². The first-order valence-corrected chi connectivity index (χ1v) is 21.3. The van der Waals surface area contributed by atoms with E-state index in [1.807, 2.05) is 0 Å². The molecule has 1 heterocycles. The average molecular weight is 761 g/mol. The summed E-state index contributed by atoms with van der Waals surface area (Å²) in [7, 11) is 0. The van der Waals surface area contributed by atoms with Crippen molar-refractivity contribution in [3.05, 3.63) is 239 Å². The number of nitrogens with one attached hydrogen (secondary N) is 1. The Morgan fingerprint density at radius 3 is 2.10 bits per heavy atom. The summed E-state index contributed by atoms with van der Waals surface area (Å²) < 4.78 is 0. The second-order valence-corrected chi connectivity index (χ2v) is 17.2. The maximum absolute atomic E-state index is 3.90. The smallest absolute Gasteiger partial charge is 0.0699 e. The third-order valence-corrected chi connectivity index (χ3v) is 13.4. The van der Waals surface area contributed by atoms with E-state index in [-0.39, 0.29) is 23.4 Å². The molecule has 0 saturated carbocycles. The van der Waals surface area contributed by atoms with Gasteiger partial charge in [-0.15, -0.1) is 0 Å². The first-order valence-electron chi connectivity index (χ1n) is 21.3. The largest absolute Gasteiger partial charge is 0.378 e. The highest BCUT2D eigenvalue weighted by atomic mass is 15.2. The first kappa shape index (κ1) is 35.5. The lowest BCUT2D eigenvalue weighted by molar-refractivity contribution is 0.660. The lowest BCUT2D eigenvalue weighted by atomic mass is 9.77. The minimum atomic E-state index is -0.0111. The molecule has 1 aliphatic heterocycles. The van der Waals surface area contributed by atoms with Gasteiger partial charge in [-0.2, -0.15) is 0 Å². The third kappa shape index (κ3) is 6.09. The van der Waals surface area contributed by atoms with E-state index < -0.39 is 0 Å². The zero-order valence-electron chi connectivity index (χ0n) is 33.8. The van der Waals surface area contributed by atoms with Crippen LogP contribution in [0.4, 0.5) is 11.4 Å². The molecular formula is C57H48N2. The van der Waals surface area contributed by atoms with Gasteiger partial charge in [0.15, 0.2) is 0 Å². The van der Waals surface area contributed by atoms with Crippen LogP contribution in [0.5, 0.6) is 0 Å². The number of benzene rings is 6. The van der Waals surface area contributed by atoms with Crippen molar-refractivity contribution in [2.75, 3.05) is 10.2 Å². The highest BCUT2D eigenvalue weighted by molar-refractivity contribution is 6.03. The van der Waals surface area contributed by atoms with Crippen molar-refractivity contribution in [2.45, 2.75) is 56.5 Å². The summed E-state index contributed by atoms with van der Waals surface area (Å²) in [6.45, 7) is 4.71. The van der Waals surface area contributed by atoms with Gasteiger partial charge in [-0.3, -0.25) is 0 Å². The second kappa shape index (κ2) is 14.3. The topological polar surface area (TPSA) is 15.3 Å². The quantitative estimate of drug-likeness (QED) is 0.174. The molecule has 286 valence electrons. The molecule has 4 aliphatic carbocycles. The van der Waals surface area contributed by atoms with E-state index in [9.17, 15) is 0 Å².